The highest BCUT2D eigenvalue weighted by molar-refractivity contribution is 7.92. The summed E-state index contributed by atoms with van der Waals surface area (Å²) in [5.41, 5.74) is 6.33. The van der Waals surface area contributed by atoms with Crippen LogP contribution in [0.15, 0.2) is 47.4 Å². The smallest absolute Gasteiger partial charge is 0.238 e. The Morgan fingerprint density at radius 3 is 2.22 bits per heavy atom. The molecule has 2 aliphatic rings. The number of carbonyl (C=O) groups excluding carboxylic acids is 1. The van der Waals surface area contributed by atoms with Crippen molar-refractivity contribution in [3.8, 4) is 0 Å². The summed E-state index contributed by atoms with van der Waals surface area (Å²) in [5, 5.41) is 0. The van der Waals surface area contributed by atoms with Crippen LogP contribution in [0.25, 0.3) is 0 Å². The Balaban J connectivity index is 1.42. The molecule has 9 heteroatoms. The molecule has 0 saturated carbocycles. The SMILES string of the molecule is NC(Cc1cc(F)c(F)cc1F)C1CC2CCC(C1)N2C(=O)CS(=O)(=O)c1ccccc1. The van der Waals surface area contributed by atoms with Crippen LogP contribution in [0, 0.1) is 23.4 Å². The Morgan fingerprint density at radius 2 is 1.59 bits per heavy atom. The minimum Gasteiger partial charge on any atom is -0.336 e. The van der Waals surface area contributed by atoms with E-state index < -0.39 is 45.0 Å². The van der Waals surface area contributed by atoms with Gasteiger partial charge in [0, 0.05) is 24.2 Å². The molecule has 2 aromatic carbocycles. The van der Waals surface area contributed by atoms with Crippen molar-refractivity contribution < 1.29 is 26.4 Å². The first-order chi connectivity index (χ1) is 15.2. The number of piperidine rings is 1. The number of hydrogen-bond acceptors (Lipinski definition) is 4. The van der Waals surface area contributed by atoms with Crippen molar-refractivity contribution in [3.05, 3.63) is 65.5 Å². The van der Waals surface area contributed by atoms with Gasteiger partial charge in [0.25, 0.3) is 0 Å². The second-order valence-electron chi connectivity index (χ2n) is 8.72. The summed E-state index contributed by atoms with van der Waals surface area (Å²) in [6.07, 6.45) is 2.71. The lowest BCUT2D eigenvalue weighted by Crippen LogP contribution is -2.51. The number of benzene rings is 2. The van der Waals surface area contributed by atoms with Gasteiger partial charge in [-0.05, 0) is 61.8 Å². The number of carbonyl (C=O) groups is 1. The molecular weight excluding hydrogens is 441 g/mol. The van der Waals surface area contributed by atoms with E-state index in [4.69, 9.17) is 5.73 Å². The van der Waals surface area contributed by atoms with Gasteiger partial charge in [0.1, 0.15) is 11.6 Å². The monoisotopic (exact) mass is 466 g/mol. The first-order valence-corrected chi connectivity index (χ1v) is 12.3. The minimum absolute atomic E-state index is 0.0243. The second-order valence-corrected chi connectivity index (χ2v) is 10.7. The third-order valence-electron chi connectivity index (χ3n) is 6.62. The summed E-state index contributed by atoms with van der Waals surface area (Å²) >= 11 is 0. The molecule has 2 bridgehead atoms. The average Bonchev–Trinajstić information content (AvgIpc) is 3.02. The lowest BCUT2D eigenvalue weighted by atomic mass is 9.82. The zero-order valence-electron chi connectivity index (χ0n) is 17.4. The molecule has 0 aliphatic carbocycles. The van der Waals surface area contributed by atoms with E-state index >= 15 is 0 Å². The average molecular weight is 467 g/mol. The normalized spacial score (nSPS) is 23.9. The summed E-state index contributed by atoms with van der Waals surface area (Å²) in [6.45, 7) is 0. The maximum Gasteiger partial charge on any atom is 0.238 e. The van der Waals surface area contributed by atoms with Crippen LogP contribution in [0.1, 0.15) is 31.2 Å². The van der Waals surface area contributed by atoms with Crippen molar-refractivity contribution in [2.75, 3.05) is 5.75 Å². The molecule has 32 heavy (non-hydrogen) atoms. The number of rotatable bonds is 6. The van der Waals surface area contributed by atoms with Gasteiger partial charge in [-0.1, -0.05) is 18.2 Å². The molecule has 5 nitrogen and oxygen atoms in total. The van der Waals surface area contributed by atoms with E-state index in [2.05, 4.69) is 0 Å². The maximum atomic E-state index is 14.0. The first-order valence-electron chi connectivity index (χ1n) is 10.6. The molecule has 2 N–H and O–H groups in total. The van der Waals surface area contributed by atoms with Crippen LogP contribution in [0.4, 0.5) is 13.2 Å². The van der Waals surface area contributed by atoms with Crippen molar-refractivity contribution in [1.82, 2.24) is 4.90 Å². The predicted octanol–water partition coefficient (Wildman–Crippen LogP) is 3.22. The highest BCUT2D eigenvalue weighted by Gasteiger charge is 2.45. The van der Waals surface area contributed by atoms with E-state index in [1.165, 1.54) is 12.1 Å². The van der Waals surface area contributed by atoms with Crippen molar-refractivity contribution in [3.63, 3.8) is 0 Å². The number of sulfone groups is 1. The molecule has 0 aromatic heterocycles. The van der Waals surface area contributed by atoms with Crippen LogP contribution in [0.3, 0.4) is 0 Å². The van der Waals surface area contributed by atoms with Crippen LogP contribution >= 0.6 is 0 Å². The van der Waals surface area contributed by atoms with Gasteiger partial charge in [-0.3, -0.25) is 4.79 Å². The number of amides is 1. The van der Waals surface area contributed by atoms with E-state index in [9.17, 15) is 26.4 Å². The molecule has 2 heterocycles. The largest absolute Gasteiger partial charge is 0.336 e. The Hall–Kier alpha value is -2.39. The van der Waals surface area contributed by atoms with Crippen LogP contribution in [0.2, 0.25) is 0 Å². The predicted molar refractivity (Wildman–Crippen MR) is 113 cm³/mol. The van der Waals surface area contributed by atoms with Crippen molar-refractivity contribution >= 4 is 15.7 Å². The summed E-state index contributed by atoms with van der Waals surface area (Å²) in [6, 6.07) is 8.51. The van der Waals surface area contributed by atoms with Crippen molar-refractivity contribution in [1.29, 1.82) is 0 Å². The number of hydrogen-bond donors (Lipinski definition) is 1. The van der Waals surface area contributed by atoms with Crippen LogP contribution in [-0.2, 0) is 21.1 Å². The Bertz CT molecular complexity index is 1100. The molecule has 2 fully saturated rings. The number of nitrogens with two attached hydrogens (primary N) is 1. The third-order valence-corrected chi connectivity index (χ3v) is 8.24. The number of fused-ring (bicyclic) bond motifs is 2. The van der Waals surface area contributed by atoms with E-state index in [0.717, 1.165) is 18.9 Å². The van der Waals surface area contributed by atoms with E-state index in [1.807, 2.05) is 0 Å². The summed E-state index contributed by atoms with van der Waals surface area (Å²) < 4.78 is 65.9. The molecular formula is C23H25F3N2O3S. The fraction of sp³-hybridized carbons (Fsp3) is 0.435. The summed E-state index contributed by atoms with van der Waals surface area (Å²) in [4.78, 5) is 14.7. The third kappa shape index (κ3) is 4.54. The Labute approximate surface area is 185 Å². The maximum absolute atomic E-state index is 14.0. The highest BCUT2D eigenvalue weighted by atomic mass is 32.2. The van der Waals surface area contributed by atoms with Crippen LogP contribution in [-0.4, -0.2) is 43.1 Å². The molecule has 1 amide bonds. The fourth-order valence-electron chi connectivity index (χ4n) is 5.06. The van der Waals surface area contributed by atoms with Crippen molar-refractivity contribution in [2.45, 2.75) is 55.1 Å². The molecule has 0 radical (unpaired) electrons. The van der Waals surface area contributed by atoms with Crippen LogP contribution in [0.5, 0.6) is 0 Å². The fourth-order valence-corrected chi connectivity index (χ4v) is 6.28. The quantitative estimate of drug-likeness (QED) is 0.663. The van der Waals surface area contributed by atoms with Gasteiger partial charge in [-0.25, -0.2) is 21.6 Å². The molecule has 172 valence electrons. The Kier molecular flexibility index (Phi) is 6.31. The van der Waals surface area contributed by atoms with Gasteiger partial charge >= 0.3 is 0 Å². The second kappa shape index (κ2) is 8.86. The topological polar surface area (TPSA) is 80.5 Å². The van der Waals surface area contributed by atoms with E-state index in [1.54, 1.807) is 23.1 Å². The Morgan fingerprint density at radius 1 is 1.00 bits per heavy atom. The molecule has 3 atom stereocenters. The minimum atomic E-state index is -3.73. The first kappa shape index (κ1) is 22.8. The van der Waals surface area contributed by atoms with Gasteiger partial charge in [0.05, 0.1) is 4.90 Å². The molecule has 3 unspecified atom stereocenters. The standard InChI is InChI=1S/C23H25F3N2O3S/c24-19-12-21(26)20(25)10-14(19)11-22(27)15-8-16-6-7-17(9-15)28(16)23(29)13-32(30,31)18-4-2-1-3-5-18/h1-5,10,12,15-17,22H,6-9,11,13,27H2. The van der Waals surface area contributed by atoms with Gasteiger partial charge in [-0.15, -0.1) is 0 Å². The molecule has 0 spiro atoms. The lowest BCUT2D eigenvalue weighted by molar-refractivity contribution is -0.133. The molecule has 2 aromatic rings. The number of halogens is 3. The van der Waals surface area contributed by atoms with Crippen LogP contribution < -0.4 is 5.73 Å². The van der Waals surface area contributed by atoms with E-state index in [-0.39, 0.29) is 34.9 Å². The van der Waals surface area contributed by atoms with Gasteiger partial charge in [-0.2, -0.15) is 0 Å². The highest BCUT2D eigenvalue weighted by Crippen LogP contribution is 2.40. The summed E-state index contributed by atoms with van der Waals surface area (Å²) in [7, 11) is -3.73. The van der Waals surface area contributed by atoms with Gasteiger partial charge < -0.3 is 10.6 Å². The molecule has 2 saturated heterocycles. The van der Waals surface area contributed by atoms with Gasteiger partial charge in [0.2, 0.25) is 5.91 Å². The zero-order valence-corrected chi connectivity index (χ0v) is 18.2. The number of nitrogens with zero attached hydrogens (tertiary/aromatic N) is 1. The zero-order chi connectivity index (χ0) is 23.0. The molecule has 2 aliphatic heterocycles. The van der Waals surface area contributed by atoms with Crippen molar-refractivity contribution in [2.24, 2.45) is 11.7 Å². The lowest BCUT2D eigenvalue weighted by Gasteiger charge is -2.41. The van der Waals surface area contributed by atoms with E-state index in [0.29, 0.717) is 18.9 Å². The van der Waals surface area contributed by atoms with Gasteiger partial charge in [0.15, 0.2) is 21.5 Å². The molecule has 4 rings (SSSR count). The summed E-state index contributed by atoms with van der Waals surface area (Å²) in [5.74, 6) is -4.22.